The molecule has 36 heavy (non-hydrogen) atoms. The summed E-state index contributed by atoms with van der Waals surface area (Å²) in [4.78, 5) is 24.8. The minimum atomic E-state index is -4.55. The summed E-state index contributed by atoms with van der Waals surface area (Å²) in [5, 5.41) is 2.67. The maximum atomic E-state index is 13.0. The van der Waals surface area contributed by atoms with E-state index in [1.165, 1.54) is 12.3 Å². The number of H-pyrrole nitrogens is 1. The number of benzene rings is 1. The molecule has 3 aromatic rings. The van der Waals surface area contributed by atoms with Gasteiger partial charge in [-0.25, -0.2) is 4.98 Å². The first-order valence-electron chi connectivity index (χ1n) is 11.3. The molecule has 1 aromatic carbocycles. The van der Waals surface area contributed by atoms with Crippen LogP contribution in [-0.2, 0) is 15.7 Å². The molecule has 4 rings (SSSR count). The van der Waals surface area contributed by atoms with Gasteiger partial charge < -0.3 is 19.8 Å². The van der Waals surface area contributed by atoms with E-state index in [0.717, 1.165) is 32.3 Å². The number of hydrogen-bond donors (Lipinski definition) is 2. The van der Waals surface area contributed by atoms with E-state index in [4.69, 9.17) is 9.47 Å². The van der Waals surface area contributed by atoms with Gasteiger partial charge in [0.05, 0.1) is 31.7 Å². The number of aromatic amines is 1. The smallest absolute Gasteiger partial charge is 0.432 e. The maximum absolute atomic E-state index is 13.0. The van der Waals surface area contributed by atoms with Gasteiger partial charge in [0.2, 0.25) is 0 Å². The third-order valence-corrected chi connectivity index (χ3v) is 5.34. The Morgan fingerprint density at radius 2 is 2.06 bits per heavy atom. The molecule has 8 nitrogen and oxygen atoms in total. The van der Waals surface area contributed by atoms with E-state index in [1.807, 2.05) is 0 Å². The molecule has 0 saturated carbocycles. The third kappa shape index (κ3) is 7.07. The standard InChI is InChI=1S/C25H24F3N5O3/c26-25(27,28)22-17-30-24(32-22)19-5-6-21(36-12-2-9-33-10-13-35-14-11-33)20(15-19)31-23(34)7-4-18-3-1-8-29-16-18/h1,3,5-6,8,15-17H,2,9-14H2,(H,30,32)(H,31,34). The maximum Gasteiger partial charge on any atom is 0.432 e. The lowest BCUT2D eigenvalue weighted by Crippen LogP contribution is -2.37. The largest absolute Gasteiger partial charge is 0.491 e. The van der Waals surface area contributed by atoms with Gasteiger partial charge in [0, 0.05) is 49.1 Å². The van der Waals surface area contributed by atoms with Gasteiger partial charge in [-0.3, -0.25) is 14.7 Å². The highest BCUT2D eigenvalue weighted by molar-refractivity contribution is 6.05. The van der Waals surface area contributed by atoms with Crippen molar-refractivity contribution in [1.82, 2.24) is 19.9 Å². The van der Waals surface area contributed by atoms with E-state index in [1.54, 1.807) is 30.5 Å². The van der Waals surface area contributed by atoms with Crippen molar-refractivity contribution in [3.8, 4) is 29.0 Å². The fraction of sp³-hybridized carbons (Fsp3) is 0.320. The lowest BCUT2D eigenvalue weighted by molar-refractivity contribution is -0.140. The first-order valence-corrected chi connectivity index (χ1v) is 11.3. The molecule has 1 amide bonds. The van der Waals surface area contributed by atoms with Gasteiger partial charge in [-0.1, -0.05) is 5.92 Å². The third-order valence-electron chi connectivity index (χ3n) is 5.34. The summed E-state index contributed by atoms with van der Waals surface area (Å²) in [6.07, 6.45) is 0.0527. The van der Waals surface area contributed by atoms with Crippen LogP contribution < -0.4 is 10.1 Å². The average Bonchev–Trinajstić information content (AvgIpc) is 3.39. The predicted octanol–water partition coefficient (Wildman–Crippen LogP) is 3.58. The highest BCUT2D eigenvalue weighted by Crippen LogP contribution is 2.33. The number of carbonyl (C=O) groups is 1. The Hall–Kier alpha value is -3.88. The summed E-state index contributed by atoms with van der Waals surface area (Å²) in [6.45, 7) is 4.39. The molecule has 0 spiro atoms. The van der Waals surface area contributed by atoms with Gasteiger partial charge in [0.15, 0.2) is 0 Å². The molecule has 0 aliphatic carbocycles. The first kappa shape index (κ1) is 25.2. The molecule has 3 heterocycles. The number of pyridine rings is 1. The van der Waals surface area contributed by atoms with Crippen molar-refractivity contribution in [3.05, 3.63) is 60.2 Å². The van der Waals surface area contributed by atoms with Gasteiger partial charge in [-0.2, -0.15) is 13.2 Å². The van der Waals surface area contributed by atoms with Gasteiger partial charge in [0.25, 0.3) is 0 Å². The number of hydrogen-bond acceptors (Lipinski definition) is 6. The van der Waals surface area contributed by atoms with Gasteiger partial charge in [-0.15, -0.1) is 0 Å². The number of imidazole rings is 1. The van der Waals surface area contributed by atoms with Crippen LogP contribution in [0, 0.1) is 11.8 Å². The number of aromatic nitrogens is 3. The Kier molecular flexibility index (Phi) is 8.20. The second-order valence-electron chi connectivity index (χ2n) is 7.96. The van der Waals surface area contributed by atoms with Crippen molar-refractivity contribution in [3.63, 3.8) is 0 Å². The van der Waals surface area contributed by atoms with E-state index >= 15 is 0 Å². The van der Waals surface area contributed by atoms with E-state index in [9.17, 15) is 18.0 Å². The molecule has 188 valence electrons. The molecule has 1 fully saturated rings. The van der Waals surface area contributed by atoms with Crippen LogP contribution in [0.15, 0.2) is 48.9 Å². The predicted molar refractivity (Wildman–Crippen MR) is 126 cm³/mol. The molecule has 0 atom stereocenters. The van der Waals surface area contributed by atoms with Gasteiger partial charge in [-0.05, 0) is 36.8 Å². The van der Waals surface area contributed by atoms with E-state index in [-0.39, 0.29) is 11.5 Å². The molecular weight excluding hydrogens is 475 g/mol. The fourth-order valence-electron chi connectivity index (χ4n) is 3.53. The second kappa shape index (κ2) is 11.7. The van der Waals surface area contributed by atoms with Crippen molar-refractivity contribution in [2.75, 3.05) is 44.8 Å². The normalized spacial score (nSPS) is 14.1. The molecule has 1 saturated heterocycles. The molecule has 0 radical (unpaired) electrons. The number of alkyl halides is 3. The summed E-state index contributed by atoms with van der Waals surface area (Å²) >= 11 is 0. The number of amides is 1. The topological polar surface area (TPSA) is 92.4 Å². The Bertz CT molecular complexity index is 1230. The van der Waals surface area contributed by atoms with E-state index in [0.29, 0.717) is 36.7 Å². The highest BCUT2D eigenvalue weighted by atomic mass is 19.4. The summed E-state index contributed by atoms with van der Waals surface area (Å²) in [5.41, 5.74) is 0.223. The second-order valence-corrected chi connectivity index (χ2v) is 7.96. The molecule has 1 aliphatic rings. The molecule has 0 bridgehead atoms. The minimum absolute atomic E-state index is 0.0122. The van der Waals surface area contributed by atoms with Crippen LogP contribution in [0.1, 0.15) is 17.7 Å². The molecule has 0 unspecified atom stereocenters. The number of nitrogens with one attached hydrogen (secondary N) is 2. The quantitative estimate of drug-likeness (QED) is 0.382. The van der Waals surface area contributed by atoms with Crippen molar-refractivity contribution in [1.29, 1.82) is 0 Å². The molecule has 1 aliphatic heterocycles. The van der Waals surface area contributed by atoms with Crippen molar-refractivity contribution >= 4 is 11.6 Å². The van der Waals surface area contributed by atoms with Crippen LogP contribution in [0.2, 0.25) is 0 Å². The minimum Gasteiger partial charge on any atom is -0.491 e. The zero-order valence-electron chi connectivity index (χ0n) is 19.3. The molecule has 11 heteroatoms. The lowest BCUT2D eigenvalue weighted by atomic mass is 10.1. The Morgan fingerprint density at radius 1 is 1.22 bits per heavy atom. The zero-order chi connectivity index (χ0) is 25.4. The summed E-state index contributed by atoms with van der Waals surface area (Å²) < 4.78 is 50.2. The van der Waals surface area contributed by atoms with Crippen LogP contribution in [0.25, 0.3) is 11.4 Å². The average molecular weight is 499 g/mol. The highest BCUT2D eigenvalue weighted by Gasteiger charge is 2.33. The number of ether oxygens (including phenoxy) is 2. The zero-order valence-corrected chi connectivity index (χ0v) is 19.3. The van der Waals surface area contributed by atoms with Crippen molar-refractivity contribution < 1.29 is 27.4 Å². The van der Waals surface area contributed by atoms with Crippen LogP contribution in [0.4, 0.5) is 18.9 Å². The number of anilines is 1. The first-order chi connectivity index (χ1) is 17.4. The summed E-state index contributed by atoms with van der Waals surface area (Å²) in [7, 11) is 0. The fourth-order valence-corrected chi connectivity index (χ4v) is 3.53. The number of nitrogens with zero attached hydrogens (tertiary/aromatic N) is 3. The lowest BCUT2D eigenvalue weighted by Gasteiger charge is -2.26. The van der Waals surface area contributed by atoms with E-state index < -0.39 is 17.8 Å². The SMILES string of the molecule is O=C(C#Cc1cccnc1)Nc1cc(-c2ncc(C(F)(F)F)[nH]2)ccc1OCCCN1CCOCC1. The van der Waals surface area contributed by atoms with Gasteiger partial charge in [0.1, 0.15) is 17.3 Å². The molecule has 2 N–H and O–H groups in total. The van der Waals surface area contributed by atoms with Crippen molar-refractivity contribution in [2.24, 2.45) is 0 Å². The number of morpholine rings is 1. The van der Waals surface area contributed by atoms with Gasteiger partial charge >= 0.3 is 12.1 Å². The van der Waals surface area contributed by atoms with Crippen LogP contribution in [0.3, 0.4) is 0 Å². The number of carbonyl (C=O) groups excluding carboxylic acids is 1. The van der Waals surface area contributed by atoms with Crippen molar-refractivity contribution in [2.45, 2.75) is 12.6 Å². The number of halogens is 3. The summed E-state index contributed by atoms with van der Waals surface area (Å²) in [5.74, 6) is 4.98. The number of rotatable bonds is 7. The molecule has 2 aromatic heterocycles. The summed E-state index contributed by atoms with van der Waals surface area (Å²) in [6, 6.07) is 8.08. The van der Waals surface area contributed by atoms with Crippen LogP contribution in [0.5, 0.6) is 5.75 Å². The Morgan fingerprint density at radius 3 is 2.78 bits per heavy atom. The Balaban J connectivity index is 1.49. The van der Waals surface area contributed by atoms with Crippen LogP contribution >= 0.6 is 0 Å². The van der Waals surface area contributed by atoms with Crippen LogP contribution in [-0.4, -0.2) is 65.2 Å². The monoisotopic (exact) mass is 499 g/mol. The Labute approximate surface area is 205 Å². The molecular formula is C25H24F3N5O3. The van der Waals surface area contributed by atoms with E-state index in [2.05, 4.69) is 37.0 Å².